The summed E-state index contributed by atoms with van der Waals surface area (Å²) in [4.78, 5) is 8.78. The highest BCUT2D eigenvalue weighted by Crippen LogP contribution is 1.37. The van der Waals surface area contributed by atoms with Crippen molar-refractivity contribution < 1.29 is 4.79 Å². The van der Waals surface area contributed by atoms with Crippen molar-refractivity contribution in [2.24, 2.45) is 0 Å². The van der Waals surface area contributed by atoms with Crippen LogP contribution in [-0.2, 0) is 0 Å². The lowest BCUT2D eigenvalue weighted by molar-refractivity contribution is 0.254. The molecule has 0 aliphatic carbocycles. The summed E-state index contributed by atoms with van der Waals surface area (Å²) in [6.07, 6.45) is 0. The summed E-state index contributed by atoms with van der Waals surface area (Å²) >= 11 is 0. The van der Waals surface area contributed by atoms with Crippen molar-refractivity contribution in [3.8, 4) is 0 Å². The lowest BCUT2D eigenvalue weighted by atomic mass is 11.2. The third-order valence-electron chi connectivity index (χ3n) is 0. The highest BCUT2D eigenvalue weighted by Gasteiger charge is 1.66. The van der Waals surface area contributed by atoms with Crippen molar-refractivity contribution in [1.29, 1.82) is 0 Å². The second-order valence-electron chi connectivity index (χ2n) is 0.329. The smallest absolute Gasteiger partial charge is 0.246 e. The minimum absolute atomic E-state index is 1.33. The van der Waals surface area contributed by atoms with Gasteiger partial charge < -0.3 is 0 Å². The summed E-state index contributed by atoms with van der Waals surface area (Å²) in [6.45, 7) is 0. The van der Waals surface area contributed by atoms with E-state index >= 15 is 0 Å². The van der Waals surface area contributed by atoms with Gasteiger partial charge in [-0.15, -0.1) is 0 Å². The second kappa shape index (κ2) is 0.711. The summed E-state index contributed by atoms with van der Waals surface area (Å²) in [5.41, 5.74) is 11.2. The highest BCUT2D eigenvalue weighted by molar-refractivity contribution is 5.67. The van der Waals surface area contributed by atoms with Crippen LogP contribution in [0.1, 0.15) is 0 Å². The van der Waals surface area contributed by atoms with Gasteiger partial charge >= 0.3 is 6.03 Å². The molecule has 0 aromatic carbocycles. The van der Waals surface area contributed by atoms with E-state index < -0.39 is 6.03 Å². The molecule has 0 aliphatic heterocycles. The van der Waals surface area contributed by atoms with E-state index in [-0.39, 0.29) is 0 Å². The van der Waals surface area contributed by atoms with Crippen molar-refractivity contribution >= 4 is 6.03 Å². The van der Waals surface area contributed by atoms with E-state index in [1.807, 2.05) is 0 Å². The Balaban J connectivity index is 2.80. The molecule has 2 amide bonds. The summed E-state index contributed by atoms with van der Waals surface area (Å²) in [5, 5.41) is 0. The van der Waals surface area contributed by atoms with Gasteiger partial charge in [0.15, 0.2) is 0 Å². The summed E-state index contributed by atoms with van der Waals surface area (Å²) < 4.78 is 0. The lowest BCUT2D eigenvalue weighted by Gasteiger charge is -1.56. The highest BCUT2D eigenvalue weighted by atomic mass is 16.2. The number of rotatable bonds is 0. The number of urea groups is 1. The fraction of sp³-hybridized carbons (Fsp3) is 0. The Bertz CT molecular complexity index is 29.0. The number of carbonyl (C=O) groups excluding carboxylic acids is 1. The first kappa shape index (κ1) is 3.27. The average molecular weight is 58.0 g/mol. The molecule has 2 N–H and O–H groups in total. The van der Waals surface area contributed by atoms with Crippen LogP contribution in [-0.4, -0.2) is 6.03 Å². The Kier molecular flexibility index (Phi) is 0.581. The molecular weight excluding hydrogens is 56.0 g/mol. The standard InChI is InChI=1S/CH2N2O/c2-1(3)4/h2-3H. The van der Waals surface area contributed by atoms with Crippen LogP contribution in [0.3, 0.4) is 0 Å². The van der Waals surface area contributed by atoms with Gasteiger partial charge in [-0.2, -0.15) is 0 Å². The topological polar surface area (TPSA) is 64.7 Å². The first-order valence-electron chi connectivity index (χ1n) is 0.704. The predicted octanol–water partition coefficient (Wildman–Crippen LogP) is -0.328. The maximum absolute atomic E-state index is 8.78. The zero-order chi connectivity index (χ0) is 3.58. The predicted molar refractivity (Wildman–Crippen MR) is 11.6 cm³/mol. The van der Waals surface area contributed by atoms with Crippen LogP contribution in [0.25, 0.3) is 0 Å². The molecule has 0 aromatic rings. The third-order valence-corrected chi connectivity index (χ3v) is 0. The normalized spacial score (nSPS) is 6.00. The van der Waals surface area contributed by atoms with E-state index in [4.69, 9.17) is 16.3 Å². The monoisotopic (exact) mass is 58.0 g/mol. The van der Waals surface area contributed by atoms with Gasteiger partial charge in [0.1, 0.15) is 0 Å². The van der Waals surface area contributed by atoms with Crippen molar-refractivity contribution in [2.45, 2.75) is 0 Å². The van der Waals surface area contributed by atoms with Crippen molar-refractivity contribution in [2.75, 3.05) is 0 Å². The molecule has 0 heterocycles. The van der Waals surface area contributed by atoms with E-state index in [1.54, 1.807) is 0 Å². The molecule has 2 radical (unpaired) electrons. The average Bonchev–Trinajstić information content (AvgIpc) is 0.811. The summed E-state index contributed by atoms with van der Waals surface area (Å²) in [5.74, 6) is 0. The molecule has 0 aromatic heterocycles. The fourth-order valence-corrected chi connectivity index (χ4v) is 0. The van der Waals surface area contributed by atoms with Crippen LogP contribution in [0.4, 0.5) is 4.79 Å². The maximum Gasteiger partial charge on any atom is 0.352 e. The van der Waals surface area contributed by atoms with Crippen LogP contribution in [0.2, 0.25) is 0 Å². The molecule has 0 saturated heterocycles. The zero-order valence-corrected chi connectivity index (χ0v) is 1.91. The molecule has 0 saturated carbocycles. The van der Waals surface area contributed by atoms with Gasteiger partial charge in [-0.3, -0.25) is 0 Å². The molecule has 0 spiro atoms. The molecular formula is CH2N2O. The lowest BCUT2D eigenvalue weighted by Crippen LogP contribution is -1.90. The molecule has 0 fully saturated rings. The quantitative estimate of drug-likeness (QED) is 0.376. The molecule has 0 aliphatic rings. The van der Waals surface area contributed by atoms with Crippen molar-refractivity contribution in [3.05, 3.63) is 0 Å². The van der Waals surface area contributed by atoms with Gasteiger partial charge in [0.2, 0.25) is 0 Å². The SMILES string of the molecule is [NH]C([NH])=O. The molecule has 4 heavy (non-hydrogen) atoms. The molecule has 22 valence electrons. The molecule has 0 rings (SSSR count). The number of amides is 2. The maximum atomic E-state index is 8.78. The minimum Gasteiger partial charge on any atom is -0.246 e. The van der Waals surface area contributed by atoms with E-state index in [0.717, 1.165) is 0 Å². The number of hydrogen-bond acceptors (Lipinski definition) is 1. The Labute approximate surface area is 23.6 Å². The van der Waals surface area contributed by atoms with Gasteiger partial charge in [0.05, 0.1) is 0 Å². The first-order chi connectivity index (χ1) is 1.73. The Morgan fingerprint density at radius 3 is 1.50 bits per heavy atom. The molecule has 3 nitrogen and oxygen atoms in total. The van der Waals surface area contributed by atoms with Crippen LogP contribution in [0.15, 0.2) is 0 Å². The Morgan fingerprint density at radius 1 is 1.50 bits per heavy atom. The number of nitrogens with one attached hydrogen (secondary N) is 2. The summed E-state index contributed by atoms with van der Waals surface area (Å²) in [7, 11) is 0. The van der Waals surface area contributed by atoms with Gasteiger partial charge in [0, 0.05) is 0 Å². The van der Waals surface area contributed by atoms with E-state index in [1.165, 1.54) is 0 Å². The van der Waals surface area contributed by atoms with E-state index in [9.17, 15) is 0 Å². The molecule has 3 heteroatoms. The van der Waals surface area contributed by atoms with Gasteiger partial charge in [0.25, 0.3) is 0 Å². The van der Waals surface area contributed by atoms with Crippen molar-refractivity contribution in [3.63, 3.8) is 0 Å². The van der Waals surface area contributed by atoms with Crippen molar-refractivity contribution in [1.82, 2.24) is 11.5 Å². The van der Waals surface area contributed by atoms with Gasteiger partial charge in [-0.25, -0.2) is 16.3 Å². The largest absolute Gasteiger partial charge is 0.352 e. The minimum atomic E-state index is -1.33. The Hall–Kier alpha value is -0.730. The fourth-order valence-electron chi connectivity index (χ4n) is 0. The molecule has 0 atom stereocenters. The zero-order valence-electron chi connectivity index (χ0n) is 1.91. The van der Waals surface area contributed by atoms with E-state index in [2.05, 4.69) is 0 Å². The van der Waals surface area contributed by atoms with Gasteiger partial charge in [-0.1, -0.05) is 0 Å². The second-order valence-corrected chi connectivity index (χ2v) is 0.329. The first-order valence-corrected chi connectivity index (χ1v) is 0.704. The van der Waals surface area contributed by atoms with E-state index in [0.29, 0.717) is 0 Å². The molecule has 0 bridgehead atoms. The molecule has 0 unspecified atom stereocenters. The van der Waals surface area contributed by atoms with Crippen LogP contribution < -0.4 is 11.5 Å². The van der Waals surface area contributed by atoms with Crippen LogP contribution in [0.5, 0.6) is 0 Å². The Morgan fingerprint density at radius 2 is 1.50 bits per heavy atom. The van der Waals surface area contributed by atoms with Gasteiger partial charge in [-0.05, 0) is 0 Å². The summed E-state index contributed by atoms with van der Waals surface area (Å²) in [6, 6.07) is -1.33. The van der Waals surface area contributed by atoms with Crippen LogP contribution >= 0.6 is 0 Å². The number of carbonyl (C=O) groups is 1. The third kappa shape index (κ3) is 0.174. The number of hydrogen-bond donors (Lipinski definition) is 0. The van der Waals surface area contributed by atoms with Crippen LogP contribution in [0, 0.1) is 0 Å².